The summed E-state index contributed by atoms with van der Waals surface area (Å²) in [6.07, 6.45) is 0. The maximum Gasteiger partial charge on any atom is 0.283 e. The molecule has 8 heteroatoms. The van der Waals surface area contributed by atoms with Gasteiger partial charge in [0.2, 0.25) is 0 Å². The summed E-state index contributed by atoms with van der Waals surface area (Å²) in [6, 6.07) is 6.91. The highest BCUT2D eigenvalue weighted by Crippen LogP contribution is 2.33. The Kier molecular flexibility index (Phi) is 4.99. The summed E-state index contributed by atoms with van der Waals surface area (Å²) in [5, 5.41) is 13.9. The quantitative estimate of drug-likeness (QED) is 0.470. The fourth-order valence-electron chi connectivity index (χ4n) is 1.43. The number of thiophene rings is 1. The van der Waals surface area contributed by atoms with Gasteiger partial charge >= 0.3 is 0 Å². The molecule has 4 nitrogen and oxygen atoms in total. The molecule has 19 heavy (non-hydrogen) atoms. The number of anilines is 1. The van der Waals surface area contributed by atoms with Crippen LogP contribution in [0.5, 0.6) is 0 Å². The van der Waals surface area contributed by atoms with E-state index in [1.54, 1.807) is 23.5 Å². The van der Waals surface area contributed by atoms with E-state index in [1.165, 1.54) is 6.07 Å². The predicted molar refractivity (Wildman–Crippen MR) is 87.8 cm³/mol. The molecular weight excluding hydrogens is 464 g/mol. The molecule has 0 saturated carbocycles. The summed E-state index contributed by atoms with van der Waals surface area (Å²) >= 11 is 11.7. The molecule has 100 valence electrons. The lowest BCUT2D eigenvalue weighted by Gasteiger charge is -2.05. The molecule has 0 aliphatic heterocycles. The minimum absolute atomic E-state index is 0.0622. The maximum absolute atomic E-state index is 10.7. The van der Waals surface area contributed by atoms with E-state index >= 15 is 0 Å². The lowest BCUT2D eigenvalue weighted by Crippen LogP contribution is -1.98. The lowest BCUT2D eigenvalue weighted by molar-refractivity contribution is -0.385. The molecule has 0 amide bonds. The van der Waals surface area contributed by atoms with Crippen LogP contribution in [0.1, 0.15) is 4.88 Å². The summed E-state index contributed by atoms with van der Waals surface area (Å²) in [5.41, 5.74) is 0.894. The van der Waals surface area contributed by atoms with E-state index in [0.29, 0.717) is 11.0 Å². The summed E-state index contributed by atoms with van der Waals surface area (Å²) in [4.78, 5) is 11.4. The molecule has 0 radical (unpaired) electrons. The van der Waals surface area contributed by atoms with Crippen LogP contribution in [0.25, 0.3) is 0 Å². The van der Waals surface area contributed by atoms with Gasteiger partial charge in [0.25, 0.3) is 5.69 Å². The van der Waals surface area contributed by atoms with Crippen molar-refractivity contribution in [3.05, 3.63) is 52.0 Å². The Balaban J connectivity index is 2.08. The van der Waals surface area contributed by atoms with Gasteiger partial charge in [0.05, 0.1) is 13.2 Å². The second kappa shape index (κ2) is 6.34. The first-order chi connectivity index (χ1) is 8.97. The zero-order valence-corrected chi connectivity index (χ0v) is 14.9. The first-order valence-corrected chi connectivity index (χ1v) is 8.28. The smallest absolute Gasteiger partial charge is 0.283 e. The predicted octanol–water partition coefficient (Wildman–Crippen LogP) is 5.56. The molecule has 0 unspecified atom stereocenters. The largest absolute Gasteiger partial charge is 0.380 e. The van der Waals surface area contributed by atoms with Crippen LogP contribution >= 0.6 is 59.1 Å². The van der Waals surface area contributed by atoms with Gasteiger partial charge in [-0.2, -0.15) is 0 Å². The molecule has 2 rings (SSSR count). The van der Waals surface area contributed by atoms with E-state index < -0.39 is 4.92 Å². The molecule has 0 aliphatic rings. The Labute approximate surface area is 138 Å². The van der Waals surface area contributed by atoms with Crippen molar-refractivity contribution in [1.82, 2.24) is 0 Å². The van der Waals surface area contributed by atoms with Gasteiger partial charge in [-0.1, -0.05) is 0 Å². The van der Waals surface area contributed by atoms with Gasteiger partial charge in [-0.05, 0) is 66.0 Å². The molecule has 1 aromatic carbocycles. The second-order valence-corrected chi connectivity index (χ2v) is 7.77. The molecule has 1 aromatic heterocycles. The molecular formula is C11H7Br3N2O2S. The normalized spacial score (nSPS) is 10.5. The van der Waals surface area contributed by atoms with Gasteiger partial charge in [-0.25, -0.2) is 0 Å². The molecule has 0 saturated heterocycles. The Bertz CT molecular complexity index is 611. The van der Waals surface area contributed by atoms with E-state index in [4.69, 9.17) is 0 Å². The third-order valence-electron chi connectivity index (χ3n) is 2.31. The summed E-state index contributed by atoms with van der Waals surface area (Å²) in [7, 11) is 0. The van der Waals surface area contributed by atoms with Crippen LogP contribution in [0, 0.1) is 10.1 Å². The Morgan fingerprint density at radius 1 is 1.21 bits per heavy atom. The average molecular weight is 471 g/mol. The fourth-order valence-corrected chi connectivity index (χ4v) is 4.07. The minimum Gasteiger partial charge on any atom is -0.380 e. The molecule has 0 fully saturated rings. The summed E-state index contributed by atoms with van der Waals surface area (Å²) < 4.78 is 2.55. The minimum atomic E-state index is -0.415. The van der Waals surface area contributed by atoms with Crippen molar-refractivity contribution in [1.29, 1.82) is 0 Å². The number of benzene rings is 1. The monoisotopic (exact) mass is 468 g/mol. The van der Waals surface area contributed by atoms with Gasteiger partial charge < -0.3 is 5.32 Å². The van der Waals surface area contributed by atoms with E-state index in [9.17, 15) is 10.1 Å². The third kappa shape index (κ3) is 3.77. The van der Waals surface area contributed by atoms with Crippen LogP contribution in [0.2, 0.25) is 0 Å². The van der Waals surface area contributed by atoms with E-state index in [1.807, 2.05) is 6.07 Å². The number of nitro groups is 1. The van der Waals surface area contributed by atoms with Crippen molar-refractivity contribution in [2.24, 2.45) is 0 Å². The van der Waals surface area contributed by atoms with E-state index in [0.717, 1.165) is 18.8 Å². The molecule has 0 bridgehead atoms. The fraction of sp³-hybridized carbons (Fsp3) is 0.0909. The number of nitro benzene ring substituents is 1. The number of rotatable bonds is 4. The van der Waals surface area contributed by atoms with Crippen molar-refractivity contribution in [2.45, 2.75) is 6.54 Å². The number of nitrogens with one attached hydrogen (secondary N) is 1. The molecule has 1 heterocycles. The molecule has 1 N–H and O–H groups in total. The van der Waals surface area contributed by atoms with Gasteiger partial charge in [0, 0.05) is 27.6 Å². The molecule has 0 aliphatic carbocycles. The van der Waals surface area contributed by atoms with Crippen LogP contribution < -0.4 is 5.32 Å². The second-order valence-electron chi connectivity index (χ2n) is 3.61. The zero-order chi connectivity index (χ0) is 14.0. The van der Waals surface area contributed by atoms with Crippen LogP contribution in [0.4, 0.5) is 11.4 Å². The van der Waals surface area contributed by atoms with E-state index in [2.05, 4.69) is 53.1 Å². The molecule has 0 atom stereocenters. The Morgan fingerprint density at radius 2 is 1.95 bits per heavy atom. The number of nitrogens with zero attached hydrogens (tertiary/aromatic N) is 1. The summed E-state index contributed by atoms with van der Waals surface area (Å²) in [5.74, 6) is 0. The number of hydrogen-bond acceptors (Lipinski definition) is 4. The zero-order valence-electron chi connectivity index (χ0n) is 9.32. The van der Waals surface area contributed by atoms with Crippen molar-refractivity contribution >= 4 is 70.5 Å². The van der Waals surface area contributed by atoms with Crippen molar-refractivity contribution in [2.75, 3.05) is 5.32 Å². The van der Waals surface area contributed by atoms with Crippen molar-refractivity contribution in [3.63, 3.8) is 0 Å². The van der Waals surface area contributed by atoms with Crippen molar-refractivity contribution in [3.8, 4) is 0 Å². The maximum atomic E-state index is 10.7. The highest BCUT2D eigenvalue weighted by molar-refractivity contribution is 9.13. The van der Waals surface area contributed by atoms with Gasteiger partial charge in [0.1, 0.15) is 0 Å². The summed E-state index contributed by atoms with van der Waals surface area (Å²) in [6.45, 7) is 0.666. The SMILES string of the molecule is O=[N+]([O-])c1ccc(NCc2cc(Br)c(Br)s2)cc1Br. The topological polar surface area (TPSA) is 55.2 Å². The Morgan fingerprint density at radius 3 is 2.47 bits per heavy atom. The van der Waals surface area contributed by atoms with Crippen LogP contribution in [-0.2, 0) is 6.54 Å². The van der Waals surface area contributed by atoms with Crippen LogP contribution in [0.15, 0.2) is 37.0 Å². The van der Waals surface area contributed by atoms with E-state index in [-0.39, 0.29) is 5.69 Å². The number of hydrogen-bond donors (Lipinski definition) is 1. The van der Waals surface area contributed by atoms with Gasteiger partial charge in [-0.3, -0.25) is 10.1 Å². The molecule has 0 spiro atoms. The Hall–Kier alpha value is -0.440. The van der Waals surface area contributed by atoms with Gasteiger partial charge in [0.15, 0.2) is 0 Å². The first-order valence-electron chi connectivity index (χ1n) is 5.09. The standard InChI is InChI=1S/C11H7Br3N2O2S/c12-8-3-6(1-2-10(8)16(17)18)15-5-7-4-9(13)11(14)19-7/h1-4,15H,5H2. The third-order valence-corrected chi connectivity index (χ3v) is 6.20. The van der Waals surface area contributed by atoms with Crippen molar-refractivity contribution < 1.29 is 4.92 Å². The van der Waals surface area contributed by atoms with Crippen LogP contribution in [-0.4, -0.2) is 4.92 Å². The highest BCUT2D eigenvalue weighted by atomic mass is 79.9. The number of halogens is 3. The highest BCUT2D eigenvalue weighted by Gasteiger charge is 2.11. The van der Waals surface area contributed by atoms with Crippen LogP contribution in [0.3, 0.4) is 0 Å². The first kappa shape index (κ1) is 15.0. The lowest BCUT2D eigenvalue weighted by atomic mass is 10.3. The molecule has 2 aromatic rings. The average Bonchev–Trinajstić information content (AvgIpc) is 2.66. The van der Waals surface area contributed by atoms with Gasteiger partial charge in [-0.15, -0.1) is 11.3 Å².